The minimum absolute atomic E-state index is 0.0214. The lowest BCUT2D eigenvalue weighted by Gasteiger charge is -2.36. The van der Waals surface area contributed by atoms with E-state index >= 15 is 0 Å². The van der Waals surface area contributed by atoms with Crippen LogP contribution in [0.15, 0.2) is 30.3 Å². The molecule has 0 saturated carbocycles. The Balaban J connectivity index is 1.71. The molecule has 0 fully saturated rings. The zero-order valence-electron chi connectivity index (χ0n) is 15.8. The highest BCUT2D eigenvalue weighted by atomic mass is 16.7. The molecule has 0 spiro atoms. The summed E-state index contributed by atoms with van der Waals surface area (Å²) >= 11 is 0. The Labute approximate surface area is 154 Å². The molecule has 0 radical (unpaired) electrons. The van der Waals surface area contributed by atoms with Crippen LogP contribution in [0.1, 0.15) is 42.6 Å². The van der Waals surface area contributed by atoms with Gasteiger partial charge in [-0.05, 0) is 48.7 Å². The van der Waals surface area contributed by atoms with Crippen molar-refractivity contribution in [2.24, 2.45) is 0 Å². The zero-order valence-corrected chi connectivity index (χ0v) is 15.8. The Morgan fingerprint density at radius 1 is 1.19 bits per heavy atom. The SMILES string of the molecule is COc1c2c(cc3c1[C@H](Nc1ccc(C(C)C)cc1)N(C)CC3)OCO2. The van der Waals surface area contributed by atoms with Crippen LogP contribution in [-0.2, 0) is 6.42 Å². The second kappa shape index (κ2) is 6.72. The molecule has 2 aliphatic heterocycles. The zero-order chi connectivity index (χ0) is 18.3. The molecule has 1 atom stereocenters. The average Bonchev–Trinajstić information content (AvgIpc) is 3.11. The van der Waals surface area contributed by atoms with Crippen molar-refractivity contribution < 1.29 is 14.2 Å². The van der Waals surface area contributed by atoms with Gasteiger partial charge in [0, 0.05) is 17.8 Å². The van der Waals surface area contributed by atoms with Crippen molar-refractivity contribution in [3.63, 3.8) is 0 Å². The molecule has 2 heterocycles. The minimum Gasteiger partial charge on any atom is -0.492 e. The Morgan fingerprint density at radius 3 is 2.65 bits per heavy atom. The topological polar surface area (TPSA) is 43.0 Å². The molecule has 2 aliphatic rings. The molecule has 5 nitrogen and oxygen atoms in total. The maximum Gasteiger partial charge on any atom is 0.231 e. The molecular formula is C21H26N2O3. The fourth-order valence-corrected chi connectivity index (χ4v) is 3.74. The van der Waals surface area contributed by atoms with Crippen LogP contribution in [0.3, 0.4) is 0 Å². The molecule has 5 heteroatoms. The summed E-state index contributed by atoms with van der Waals surface area (Å²) < 4.78 is 17.0. The highest BCUT2D eigenvalue weighted by molar-refractivity contribution is 5.63. The number of methoxy groups -OCH3 is 1. The van der Waals surface area contributed by atoms with Gasteiger partial charge in [0.15, 0.2) is 11.5 Å². The van der Waals surface area contributed by atoms with Gasteiger partial charge in [-0.25, -0.2) is 0 Å². The lowest BCUT2D eigenvalue weighted by molar-refractivity contribution is 0.170. The van der Waals surface area contributed by atoms with E-state index < -0.39 is 0 Å². The molecule has 2 aromatic rings. The first-order chi connectivity index (χ1) is 12.6. The van der Waals surface area contributed by atoms with Gasteiger partial charge in [-0.2, -0.15) is 0 Å². The van der Waals surface area contributed by atoms with E-state index in [1.807, 2.05) is 0 Å². The summed E-state index contributed by atoms with van der Waals surface area (Å²) in [6.45, 7) is 5.64. The van der Waals surface area contributed by atoms with E-state index in [2.05, 4.69) is 61.4 Å². The Bertz CT molecular complexity index is 802. The summed E-state index contributed by atoms with van der Waals surface area (Å²) in [7, 11) is 3.83. The number of anilines is 1. The van der Waals surface area contributed by atoms with E-state index in [1.165, 1.54) is 11.1 Å². The van der Waals surface area contributed by atoms with Gasteiger partial charge in [0.2, 0.25) is 12.5 Å². The maximum atomic E-state index is 5.75. The van der Waals surface area contributed by atoms with Gasteiger partial charge in [0.25, 0.3) is 0 Å². The van der Waals surface area contributed by atoms with E-state index in [-0.39, 0.29) is 13.0 Å². The van der Waals surface area contributed by atoms with Gasteiger partial charge >= 0.3 is 0 Å². The molecule has 0 aliphatic carbocycles. The smallest absolute Gasteiger partial charge is 0.231 e. The van der Waals surface area contributed by atoms with Crippen molar-refractivity contribution in [2.75, 3.05) is 32.8 Å². The van der Waals surface area contributed by atoms with Crippen molar-refractivity contribution in [1.29, 1.82) is 0 Å². The quantitative estimate of drug-likeness (QED) is 0.894. The van der Waals surface area contributed by atoms with Crippen molar-refractivity contribution in [2.45, 2.75) is 32.4 Å². The molecule has 0 aromatic heterocycles. The number of rotatable bonds is 4. The Kier molecular flexibility index (Phi) is 4.41. The number of likely N-dealkylation sites (N-methyl/N-ethyl adjacent to an activating group) is 1. The van der Waals surface area contributed by atoms with E-state index in [1.54, 1.807) is 7.11 Å². The second-order valence-corrected chi connectivity index (χ2v) is 7.27. The standard InChI is InChI=1S/C21H26N2O3/c1-13(2)14-5-7-16(8-6-14)22-21-18-15(9-10-23(21)3)11-17-19(20(18)24-4)26-12-25-17/h5-8,11,13,21-22H,9-10,12H2,1-4H3/t21-/m1/s1. The average molecular weight is 354 g/mol. The van der Waals surface area contributed by atoms with E-state index in [0.717, 1.165) is 35.7 Å². The largest absolute Gasteiger partial charge is 0.492 e. The molecule has 0 amide bonds. The first-order valence-corrected chi connectivity index (χ1v) is 9.14. The van der Waals surface area contributed by atoms with E-state index in [9.17, 15) is 0 Å². The molecular weight excluding hydrogens is 328 g/mol. The van der Waals surface area contributed by atoms with Gasteiger partial charge in [-0.3, -0.25) is 4.90 Å². The van der Waals surface area contributed by atoms with Crippen molar-refractivity contribution >= 4 is 5.69 Å². The summed E-state index contributed by atoms with van der Waals surface area (Å²) in [6, 6.07) is 10.8. The molecule has 0 bridgehead atoms. The number of nitrogens with one attached hydrogen (secondary N) is 1. The minimum atomic E-state index is 0.0214. The number of hydrogen-bond acceptors (Lipinski definition) is 5. The third kappa shape index (κ3) is 2.86. The summed E-state index contributed by atoms with van der Waals surface area (Å²) in [6.07, 6.45) is 0.983. The number of fused-ring (bicyclic) bond motifs is 2. The van der Waals surface area contributed by atoms with Crippen LogP contribution in [0.25, 0.3) is 0 Å². The number of nitrogens with zero attached hydrogens (tertiary/aromatic N) is 1. The highest BCUT2D eigenvalue weighted by Crippen LogP contribution is 2.49. The molecule has 26 heavy (non-hydrogen) atoms. The lowest BCUT2D eigenvalue weighted by atomic mass is 9.94. The Morgan fingerprint density at radius 2 is 1.96 bits per heavy atom. The van der Waals surface area contributed by atoms with Gasteiger partial charge in [-0.1, -0.05) is 26.0 Å². The van der Waals surface area contributed by atoms with Crippen LogP contribution in [0, 0.1) is 0 Å². The predicted octanol–water partition coefficient (Wildman–Crippen LogP) is 4.15. The van der Waals surface area contributed by atoms with Crippen molar-refractivity contribution in [1.82, 2.24) is 4.90 Å². The molecule has 0 unspecified atom stereocenters. The highest BCUT2D eigenvalue weighted by Gasteiger charge is 2.33. The third-order valence-electron chi connectivity index (χ3n) is 5.28. The molecule has 138 valence electrons. The molecule has 1 N–H and O–H groups in total. The number of ether oxygens (including phenoxy) is 3. The summed E-state index contributed by atoms with van der Waals surface area (Å²) in [5, 5.41) is 3.67. The van der Waals surface area contributed by atoms with Crippen molar-refractivity contribution in [3.8, 4) is 17.2 Å². The fraction of sp³-hybridized carbons (Fsp3) is 0.429. The normalized spacial score (nSPS) is 18.7. The van der Waals surface area contributed by atoms with Crippen LogP contribution in [-0.4, -0.2) is 32.4 Å². The second-order valence-electron chi connectivity index (χ2n) is 7.27. The first-order valence-electron chi connectivity index (χ1n) is 9.14. The van der Waals surface area contributed by atoms with Gasteiger partial charge < -0.3 is 19.5 Å². The van der Waals surface area contributed by atoms with Crippen LogP contribution in [0.4, 0.5) is 5.69 Å². The van der Waals surface area contributed by atoms with Crippen LogP contribution < -0.4 is 19.5 Å². The number of benzene rings is 2. The molecule has 0 saturated heterocycles. The molecule has 2 aromatic carbocycles. The first kappa shape index (κ1) is 17.0. The van der Waals surface area contributed by atoms with Crippen LogP contribution in [0.5, 0.6) is 17.2 Å². The van der Waals surface area contributed by atoms with Crippen LogP contribution >= 0.6 is 0 Å². The van der Waals surface area contributed by atoms with E-state index in [0.29, 0.717) is 11.7 Å². The molecule has 4 rings (SSSR count). The van der Waals surface area contributed by atoms with Gasteiger partial charge in [-0.15, -0.1) is 0 Å². The Hall–Kier alpha value is -2.40. The fourth-order valence-electron chi connectivity index (χ4n) is 3.74. The maximum absolute atomic E-state index is 5.75. The van der Waals surface area contributed by atoms with Gasteiger partial charge in [0.1, 0.15) is 6.17 Å². The van der Waals surface area contributed by atoms with Gasteiger partial charge in [0.05, 0.1) is 7.11 Å². The van der Waals surface area contributed by atoms with Crippen LogP contribution in [0.2, 0.25) is 0 Å². The predicted molar refractivity (Wildman–Crippen MR) is 102 cm³/mol. The van der Waals surface area contributed by atoms with Crippen molar-refractivity contribution in [3.05, 3.63) is 47.0 Å². The summed E-state index contributed by atoms with van der Waals surface area (Å²) in [5.41, 5.74) is 4.83. The van der Waals surface area contributed by atoms with E-state index in [4.69, 9.17) is 14.2 Å². The monoisotopic (exact) mass is 354 g/mol. The number of hydrogen-bond donors (Lipinski definition) is 1. The lowest BCUT2D eigenvalue weighted by Crippen LogP contribution is -2.37. The summed E-state index contributed by atoms with van der Waals surface area (Å²) in [4.78, 5) is 2.31. The third-order valence-corrected chi connectivity index (χ3v) is 5.28. The summed E-state index contributed by atoms with van der Waals surface area (Å²) in [5.74, 6) is 2.80.